The monoisotopic (exact) mass is 452 g/mol. The molecule has 1 N–H and O–H groups in total. The maximum atomic E-state index is 13.3. The van der Waals surface area contributed by atoms with Crippen molar-refractivity contribution in [2.45, 2.75) is 25.7 Å². The first kappa shape index (κ1) is 21.5. The molecule has 0 saturated heterocycles. The van der Waals surface area contributed by atoms with Crippen molar-refractivity contribution < 1.29 is 18.7 Å². The standard InChI is InChI=1S/C23H18ClFN4O3/c24-19-11-16(8-5-14(19)12-26)27-21(30)13-32-23(31)22-18-3-1-2-4-20(18)29(28-22)17-9-6-15(25)7-10-17/h5-11H,1-4,13H2,(H,27,30). The lowest BCUT2D eigenvalue weighted by Crippen LogP contribution is -2.21. The second-order valence-electron chi connectivity index (χ2n) is 7.30. The minimum absolute atomic E-state index is 0.165. The number of nitrogens with one attached hydrogen (secondary N) is 1. The topological polar surface area (TPSA) is 97.0 Å². The van der Waals surface area contributed by atoms with Crippen LogP contribution >= 0.6 is 11.6 Å². The molecule has 0 fully saturated rings. The Kier molecular flexibility index (Phi) is 6.19. The average molecular weight is 453 g/mol. The predicted molar refractivity (Wildman–Crippen MR) is 115 cm³/mol. The van der Waals surface area contributed by atoms with Crippen LogP contribution in [0.1, 0.15) is 40.2 Å². The van der Waals surface area contributed by atoms with Gasteiger partial charge in [-0.25, -0.2) is 13.9 Å². The highest BCUT2D eigenvalue weighted by molar-refractivity contribution is 6.32. The summed E-state index contributed by atoms with van der Waals surface area (Å²) >= 11 is 5.96. The summed E-state index contributed by atoms with van der Waals surface area (Å²) in [6.07, 6.45) is 3.30. The number of ether oxygens (including phenoxy) is 1. The lowest BCUT2D eigenvalue weighted by molar-refractivity contribution is -0.119. The minimum Gasteiger partial charge on any atom is -0.451 e. The van der Waals surface area contributed by atoms with E-state index in [1.54, 1.807) is 16.8 Å². The number of aromatic nitrogens is 2. The Balaban J connectivity index is 1.47. The van der Waals surface area contributed by atoms with Gasteiger partial charge in [0.15, 0.2) is 12.3 Å². The third-order valence-electron chi connectivity index (χ3n) is 5.15. The van der Waals surface area contributed by atoms with Crippen LogP contribution in [0.15, 0.2) is 42.5 Å². The van der Waals surface area contributed by atoms with E-state index in [1.807, 2.05) is 6.07 Å². The van der Waals surface area contributed by atoms with E-state index in [0.29, 0.717) is 17.8 Å². The van der Waals surface area contributed by atoms with E-state index in [1.165, 1.54) is 30.3 Å². The number of nitriles is 1. The molecule has 32 heavy (non-hydrogen) atoms. The number of amides is 1. The zero-order valence-corrected chi connectivity index (χ0v) is 17.7. The fraction of sp³-hybridized carbons (Fsp3) is 0.217. The molecule has 0 unspecified atom stereocenters. The van der Waals surface area contributed by atoms with Crippen molar-refractivity contribution in [3.05, 3.63) is 75.8 Å². The molecule has 0 aliphatic heterocycles. The van der Waals surface area contributed by atoms with Gasteiger partial charge in [-0.2, -0.15) is 10.4 Å². The van der Waals surface area contributed by atoms with Crippen molar-refractivity contribution in [3.63, 3.8) is 0 Å². The van der Waals surface area contributed by atoms with Gasteiger partial charge in [0.05, 0.1) is 16.3 Å². The van der Waals surface area contributed by atoms with Crippen molar-refractivity contribution in [2.24, 2.45) is 0 Å². The summed E-state index contributed by atoms with van der Waals surface area (Å²) in [5.41, 5.74) is 3.18. The molecule has 2 aromatic carbocycles. The number of halogens is 2. The predicted octanol–water partition coefficient (Wildman–Crippen LogP) is 4.21. The quantitative estimate of drug-likeness (QED) is 0.585. The van der Waals surface area contributed by atoms with Crippen LogP contribution in [-0.2, 0) is 22.4 Å². The molecule has 0 saturated carbocycles. The van der Waals surface area contributed by atoms with Crippen LogP contribution in [0.5, 0.6) is 0 Å². The number of hydrogen-bond donors (Lipinski definition) is 1. The number of fused-ring (bicyclic) bond motifs is 1. The molecule has 0 bridgehead atoms. The first-order valence-electron chi connectivity index (χ1n) is 9.99. The van der Waals surface area contributed by atoms with E-state index in [9.17, 15) is 14.0 Å². The summed E-state index contributed by atoms with van der Waals surface area (Å²) in [5.74, 6) is -1.60. The van der Waals surface area contributed by atoms with Crippen molar-refractivity contribution >= 4 is 29.2 Å². The van der Waals surface area contributed by atoms with Crippen LogP contribution in [0.25, 0.3) is 5.69 Å². The van der Waals surface area contributed by atoms with Gasteiger partial charge >= 0.3 is 5.97 Å². The van der Waals surface area contributed by atoms with E-state index < -0.39 is 18.5 Å². The smallest absolute Gasteiger partial charge is 0.359 e. The van der Waals surface area contributed by atoms with Crippen LogP contribution in [0.4, 0.5) is 10.1 Å². The van der Waals surface area contributed by atoms with Crippen LogP contribution < -0.4 is 5.32 Å². The molecule has 4 rings (SSSR count). The molecule has 0 radical (unpaired) electrons. The SMILES string of the molecule is N#Cc1ccc(NC(=O)COC(=O)c2nn(-c3ccc(F)cc3)c3c2CCCC3)cc1Cl. The maximum Gasteiger partial charge on any atom is 0.359 e. The van der Waals surface area contributed by atoms with Gasteiger partial charge in [0.1, 0.15) is 11.9 Å². The second-order valence-corrected chi connectivity index (χ2v) is 7.71. The number of benzene rings is 2. The van der Waals surface area contributed by atoms with Crippen LogP contribution in [-0.4, -0.2) is 28.3 Å². The van der Waals surface area contributed by atoms with Crippen LogP contribution in [0.3, 0.4) is 0 Å². The third-order valence-corrected chi connectivity index (χ3v) is 5.47. The number of rotatable bonds is 5. The largest absolute Gasteiger partial charge is 0.451 e. The second kappa shape index (κ2) is 9.20. The van der Waals surface area contributed by atoms with Gasteiger partial charge in [-0.15, -0.1) is 0 Å². The lowest BCUT2D eigenvalue weighted by atomic mass is 9.95. The zero-order chi connectivity index (χ0) is 22.7. The van der Waals surface area contributed by atoms with Gasteiger partial charge in [0.2, 0.25) is 0 Å². The molecule has 1 heterocycles. The Morgan fingerprint density at radius 2 is 1.94 bits per heavy atom. The highest BCUT2D eigenvalue weighted by Gasteiger charge is 2.27. The number of esters is 1. The van der Waals surface area contributed by atoms with E-state index in [4.69, 9.17) is 21.6 Å². The number of anilines is 1. The van der Waals surface area contributed by atoms with Gasteiger partial charge < -0.3 is 10.1 Å². The Hall–Kier alpha value is -3.70. The minimum atomic E-state index is -0.697. The Bertz CT molecular complexity index is 1230. The highest BCUT2D eigenvalue weighted by Crippen LogP contribution is 2.27. The summed E-state index contributed by atoms with van der Waals surface area (Å²) in [7, 11) is 0. The molecule has 7 nitrogen and oxygen atoms in total. The van der Waals surface area contributed by atoms with Gasteiger partial charge in [0, 0.05) is 16.9 Å². The normalized spacial score (nSPS) is 12.5. The van der Waals surface area contributed by atoms with Gasteiger partial charge in [0.25, 0.3) is 5.91 Å². The van der Waals surface area contributed by atoms with Crippen molar-refractivity contribution in [1.29, 1.82) is 5.26 Å². The van der Waals surface area contributed by atoms with E-state index in [-0.39, 0.29) is 22.1 Å². The molecule has 1 aromatic heterocycles. The van der Waals surface area contributed by atoms with Crippen molar-refractivity contribution in [1.82, 2.24) is 9.78 Å². The molecule has 162 valence electrons. The van der Waals surface area contributed by atoms with Crippen LogP contribution in [0.2, 0.25) is 5.02 Å². The Morgan fingerprint density at radius 1 is 1.19 bits per heavy atom. The van der Waals surface area contributed by atoms with Crippen molar-refractivity contribution in [3.8, 4) is 11.8 Å². The van der Waals surface area contributed by atoms with E-state index >= 15 is 0 Å². The highest BCUT2D eigenvalue weighted by atomic mass is 35.5. The van der Waals surface area contributed by atoms with Gasteiger partial charge in [-0.1, -0.05) is 11.6 Å². The summed E-state index contributed by atoms with van der Waals surface area (Å²) in [4.78, 5) is 24.9. The summed E-state index contributed by atoms with van der Waals surface area (Å²) in [6, 6.07) is 12.3. The number of carbonyl (C=O) groups is 2. The maximum absolute atomic E-state index is 13.3. The molecular weight excluding hydrogens is 435 g/mol. The molecular formula is C23H18ClFN4O3. The molecule has 1 amide bonds. The molecule has 0 spiro atoms. The lowest BCUT2D eigenvalue weighted by Gasteiger charge is -2.14. The first-order chi connectivity index (χ1) is 15.5. The molecule has 0 atom stereocenters. The number of hydrogen-bond acceptors (Lipinski definition) is 5. The van der Waals surface area contributed by atoms with E-state index in [0.717, 1.165) is 30.5 Å². The fourth-order valence-corrected chi connectivity index (χ4v) is 3.86. The summed E-state index contributed by atoms with van der Waals surface area (Å²) in [5, 5.41) is 16.1. The molecule has 3 aromatic rings. The van der Waals surface area contributed by atoms with Gasteiger partial charge in [-0.3, -0.25) is 4.79 Å². The Morgan fingerprint density at radius 3 is 2.66 bits per heavy atom. The number of nitrogens with zero attached hydrogens (tertiary/aromatic N) is 3. The van der Waals surface area contributed by atoms with E-state index in [2.05, 4.69) is 10.4 Å². The summed E-state index contributed by atoms with van der Waals surface area (Å²) < 4.78 is 20.1. The zero-order valence-electron chi connectivity index (χ0n) is 16.9. The Labute approximate surface area is 188 Å². The average Bonchev–Trinajstić information content (AvgIpc) is 3.18. The molecule has 9 heteroatoms. The van der Waals surface area contributed by atoms with Crippen LogP contribution in [0, 0.1) is 17.1 Å². The van der Waals surface area contributed by atoms with Crippen molar-refractivity contribution in [2.75, 3.05) is 11.9 Å². The summed E-state index contributed by atoms with van der Waals surface area (Å²) in [6.45, 7) is -0.505. The fourth-order valence-electron chi connectivity index (χ4n) is 3.64. The molecule has 1 aliphatic carbocycles. The van der Waals surface area contributed by atoms with Gasteiger partial charge in [-0.05, 0) is 68.1 Å². The molecule has 1 aliphatic rings. The third kappa shape index (κ3) is 4.48. The first-order valence-corrected chi connectivity index (χ1v) is 10.4. The number of carbonyl (C=O) groups excluding carboxylic acids is 2.